The van der Waals surface area contributed by atoms with Crippen molar-refractivity contribution in [1.29, 1.82) is 0 Å². The Balaban J connectivity index is 1.45. The molecule has 1 atom stereocenters. The number of piperidine rings is 1. The van der Waals surface area contributed by atoms with Crippen molar-refractivity contribution in [1.82, 2.24) is 29.5 Å². The summed E-state index contributed by atoms with van der Waals surface area (Å²) >= 11 is 0. The molecule has 0 unspecified atom stereocenters. The van der Waals surface area contributed by atoms with E-state index in [1.165, 1.54) is 4.80 Å². The van der Waals surface area contributed by atoms with E-state index in [0.29, 0.717) is 36.9 Å². The van der Waals surface area contributed by atoms with Gasteiger partial charge in [-0.05, 0) is 60.4 Å². The Morgan fingerprint density at radius 1 is 1.17 bits per heavy atom. The summed E-state index contributed by atoms with van der Waals surface area (Å²) < 4.78 is 32.7. The number of rotatable bonds is 6. The van der Waals surface area contributed by atoms with Crippen molar-refractivity contribution >= 4 is 10.0 Å². The van der Waals surface area contributed by atoms with Crippen LogP contribution in [0.3, 0.4) is 0 Å². The average molecular weight is 414 g/mol. The molecule has 0 saturated carbocycles. The van der Waals surface area contributed by atoms with Crippen molar-refractivity contribution in [3.05, 3.63) is 48.7 Å². The first kappa shape index (κ1) is 19.5. The second-order valence-corrected chi connectivity index (χ2v) is 8.87. The Morgan fingerprint density at radius 3 is 2.72 bits per heavy atom. The van der Waals surface area contributed by atoms with Gasteiger partial charge in [0.05, 0.1) is 18.6 Å². The summed E-state index contributed by atoms with van der Waals surface area (Å²) in [5.74, 6) is 1.20. The molecule has 0 aliphatic carbocycles. The molecular formula is C19H22N6O3S. The maximum absolute atomic E-state index is 13.0. The molecule has 1 saturated heterocycles. The molecule has 10 heteroatoms. The first-order chi connectivity index (χ1) is 14.1. The van der Waals surface area contributed by atoms with Gasteiger partial charge in [0.15, 0.2) is 0 Å². The highest BCUT2D eigenvalue weighted by Gasteiger charge is 2.30. The summed E-state index contributed by atoms with van der Waals surface area (Å²) in [7, 11) is -2.00. The van der Waals surface area contributed by atoms with Crippen LogP contribution in [0.2, 0.25) is 0 Å². The fourth-order valence-corrected chi connectivity index (χ4v) is 4.99. The first-order valence-corrected chi connectivity index (χ1v) is 10.8. The van der Waals surface area contributed by atoms with Gasteiger partial charge in [0.2, 0.25) is 15.8 Å². The fraction of sp³-hybridized carbons (Fsp3) is 0.368. The maximum atomic E-state index is 13.0. The third kappa shape index (κ3) is 4.28. The van der Waals surface area contributed by atoms with E-state index in [0.717, 1.165) is 12.8 Å². The van der Waals surface area contributed by atoms with Crippen molar-refractivity contribution in [3.8, 4) is 17.3 Å². The van der Waals surface area contributed by atoms with Crippen molar-refractivity contribution in [2.24, 2.45) is 5.92 Å². The summed E-state index contributed by atoms with van der Waals surface area (Å²) in [6.07, 6.45) is 3.38. The lowest BCUT2D eigenvalue weighted by atomic mass is 10.00. The molecule has 0 radical (unpaired) electrons. The Hall–Kier alpha value is -2.85. The number of nitrogens with zero attached hydrogens (tertiary/aromatic N) is 6. The number of ether oxygens (including phenoxy) is 1. The summed E-state index contributed by atoms with van der Waals surface area (Å²) in [4.78, 5) is 6.02. The fourth-order valence-electron chi connectivity index (χ4n) is 3.44. The van der Waals surface area contributed by atoms with Crippen LogP contribution in [0.4, 0.5) is 0 Å². The minimum absolute atomic E-state index is 0.113. The molecule has 3 aromatic rings. The Kier molecular flexibility index (Phi) is 5.54. The average Bonchev–Trinajstić information content (AvgIpc) is 3.23. The van der Waals surface area contributed by atoms with Gasteiger partial charge in [-0.2, -0.15) is 9.10 Å². The third-order valence-electron chi connectivity index (χ3n) is 4.95. The predicted octanol–water partition coefficient (Wildman–Crippen LogP) is 1.84. The van der Waals surface area contributed by atoms with Gasteiger partial charge in [-0.1, -0.05) is 6.07 Å². The number of methoxy groups -OCH3 is 1. The van der Waals surface area contributed by atoms with Crippen molar-refractivity contribution in [3.63, 3.8) is 0 Å². The second-order valence-electron chi connectivity index (χ2n) is 6.93. The first-order valence-electron chi connectivity index (χ1n) is 9.39. The van der Waals surface area contributed by atoms with Crippen molar-refractivity contribution < 1.29 is 13.2 Å². The van der Waals surface area contributed by atoms with Crippen LogP contribution in [0.5, 0.6) is 5.75 Å². The summed E-state index contributed by atoms with van der Waals surface area (Å²) in [5, 5.41) is 12.6. The lowest BCUT2D eigenvalue weighted by molar-refractivity contribution is 0.231. The minimum Gasteiger partial charge on any atom is -0.497 e. The molecule has 1 aliphatic heterocycles. The van der Waals surface area contributed by atoms with Gasteiger partial charge in [0.25, 0.3) is 0 Å². The number of tetrazole rings is 1. The van der Waals surface area contributed by atoms with E-state index in [2.05, 4.69) is 20.4 Å². The molecule has 29 heavy (non-hydrogen) atoms. The van der Waals surface area contributed by atoms with Crippen LogP contribution in [-0.4, -0.2) is 58.1 Å². The summed E-state index contributed by atoms with van der Waals surface area (Å²) in [6, 6.07) is 12.0. The molecule has 1 aromatic carbocycles. The zero-order chi connectivity index (χ0) is 20.3. The number of hydrogen-bond acceptors (Lipinski definition) is 7. The van der Waals surface area contributed by atoms with E-state index in [9.17, 15) is 8.42 Å². The second kappa shape index (κ2) is 8.26. The van der Waals surface area contributed by atoms with Crippen LogP contribution in [0.15, 0.2) is 53.6 Å². The normalized spacial score (nSPS) is 17.9. The van der Waals surface area contributed by atoms with E-state index < -0.39 is 10.0 Å². The zero-order valence-electron chi connectivity index (χ0n) is 16.0. The maximum Gasteiger partial charge on any atom is 0.243 e. The standard InChI is InChI=1S/C19H22N6O3S/c1-28-16-7-9-17(10-8-16)29(26,27)24-12-4-5-15(13-24)14-25-22-19(21-23-25)18-6-2-3-11-20-18/h2-3,6-11,15H,4-5,12-14H2,1H3/t15-/m1/s1. The molecule has 1 aliphatic rings. The van der Waals surface area contributed by atoms with Gasteiger partial charge in [-0.25, -0.2) is 8.42 Å². The lowest BCUT2D eigenvalue weighted by Crippen LogP contribution is -2.41. The lowest BCUT2D eigenvalue weighted by Gasteiger charge is -2.31. The number of aromatic nitrogens is 5. The molecule has 4 rings (SSSR count). The quantitative estimate of drug-likeness (QED) is 0.606. The molecular weight excluding hydrogens is 392 g/mol. The van der Waals surface area contributed by atoms with Gasteiger partial charge in [0.1, 0.15) is 11.4 Å². The van der Waals surface area contributed by atoms with Crippen LogP contribution in [0, 0.1) is 5.92 Å². The third-order valence-corrected chi connectivity index (χ3v) is 6.83. The monoisotopic (exact) mass is 414 g/mol. The Bertz CT molecular complexity index is 1050. The highest BCUT2D eigenvalue weighted by molar-refractivity contribution is 7.89. The topological polar surface area (TPSA) is 103 Å². The van der Waals surface area contributed by atoms with Crippen LogP contribution in [0.25, 0.3) is 11.5 Å². The number of sulfonamides is 1. The van der Waals surface area contributed by atoms with E-state index in [4.69, 9.17) is 4.74 Å². The molecule has 0 N–H and O–H groups in total. The largest absolute Gasteiger partial charge is 0.497 e. The summed E-state index contributed by atoms with van der Waals surface area (Å²) in [6.45, 7) is 1.44. The van der Waals surface area contributed by atoms with Crippen LogP contribution >= 0.6 is 0 Å². The molecule has 152 valence electrons. The van der Waals surface area contributed by atoms with E-state index in [1.807, 2.05) is 18.2 Å². The van der Waals surface area contributed by atoms with Gasteiger partial charge < -0.3 is 4.74 Å². The number of benzene rings is 1. The molecule has 9 nitrogen and oxygen atoms in total. The smallest absolute Gasteiger partial charge is 0.243 e. The number of hydrogen-bond donors (Lipinski definition) is 0. The van der Waals surface area contributed by atoms with Gasteiger partial charge in [-0.3, -0.25) is 4.98 Å². The Morgan fingerprint density at radius 2 is 2.00 bits per heavy atom. The molecule has 0 amide bonds. The van der Waals surface area contributed by atoms with Gasteiger partial charge in [-0.15, -0.1) is 10.2 Å². The number of pyridine rings is 1. The predicted molar refractivity (Wildman–Crippen MR) is 106 cm³/mol. The van der Waals surface area contributed by atoms with Gasteiger partial charge in [0, 0.05) is 19.3 Å². The van der Waals surface area contributed by atoms with E-state index >= 15 is 0 Å². The highest BCUT2D eigenvalue weighted by atomic mass is 32.2. The zero-order valence-corrected chi connectivity index (χ0v) is 16.9. The molecule has 0 spiro atoms. The summed E-state index contributed by atoms with van der Waals surface area (Å²) in [5.41, 5.74) is 0.658. The molecule has 3 heterocycles. The van der Waals surface area contributed by atoms with E-state index in [-0.39, 0.29) is 10.8 Å². The van der Waals surface area contributed by atoms with Crippen LogP contribution < -0.4 is 4.74 Å². The minimum atomic E-state index is -3.55. The molecule has 0 bridgehead atoms. The molecule has 1 fully saturated rings. The van der Waals surface area contributed by atoms with Crippen molar-refractivity contribution in [2.75, 3.05) is 20.2 Å². The van der Waals surface area contributed by atoms with Crippen LogP contribution in [-0.2, 0) is 16.6 Å². The van der Waals surface area contributed by atoms with E-state index in [1.54, 1.807) is 41.9 Å². The van der Waals surface area contributed by atoms with Crippen molar-refractivity contribution in [2.45, 2.75) is 24.3 Å². The van der Waals surface area contributed by atoms with Crippen LogP contribution in [0.1, 0.15) is 12.8 Å². The Labute approximate surface area is 169 Å². The molecule has 2 aromatic heterocycles. The van der Waals surface area contributed by atoms with Gasteiger partial charge >= 0.3 is 0 Å². The SMILES string of the molecule is COc1ccc(S(=O)(=O)N2CCC[C@@H](Cn3nnc(-c4ccccn4)n3)C2)cc1. The highest BCUT2D eigenvalue weighted by Crippen LogP contribution is 2.25.